The molecule has 3 rings (SSSR count). The normalized spacial score (nSPS) is 23.9. The summed E-state index contributed by atoms with van der Waals surface area (Å²) in [5, 5.41) is 0. The zero-order chi connectivity index (χ0) is 19.6. The van der Waals surface area contributed by atoms with E-state index in [-0.39, 0.29) is 23.8 Å². The second kappa shape index (κ2) is 8.25. The Kier molecular flexibility index (Phi) is 5.99. The third-order valence-corrected chi connectivity index (χ3v) is 5.60. The van der Waals surface area contributed by atoms with E-state index in [0.29, 0.717) is 26.2 Å². The Hall–Kier alpha value is -2.15. The van der Waals surface area contributed by atoms with Crippen LogP contribution in [0.4, 0.5) is 5.69 Å². The van der Waals surface area contributed by atoms with Crippen LogP contribution in [0.15, 0.2) is 12.1 Å². The maximum atomic E-state index is 13.1. The van der Waals surface area contributed by atoms with E-state index in [0.717, 1.165) is 37.3 Å². The number of carbonyl (C=O) groups is 2. The van der Waals surface area contributed by atoms with Crippen LogP contribution in [-0.4, -0.2) is 71.9 Å². The first-order valence-corrected chi connectivity index (χ1v) is 9.83. The number of carbonyl (C=O) groups excluding carboxylic acids is 2. The lowest BCUT2D eigenvalue weighted by atomic mass is 10.00. The van der Waals surface area contributed by atoms with Gasteiger partial charge < -0.3 is 20.4 Å². The number of nitrogens with two attached hydrogens (primary N) is 1. The predicted octanol–water partition coefficient (Wildman–Crippen LogP) is 0.933. The number of hydrogen-bond donors (Lipinski definition) is 1. The second-order valence-corrected chi connectivity index (χ2v) is 7.88. The highest BCUT2D eigenvalue weighted by Crippen LogP contribution is 2.22. The molecule has 0 aliphatic carbocycles. The number of rotatable bonds is 2. The molecule has 0 radical (unpaired) electrons. The quantitative estimate of drug-likeness (QED) is 0.834. The van der Waals surface area contributed by atoms with Crippen LogP contribution in [0.1, 0.15) is 31.2 Å². The van der Waals surface area contributed by atoms with E-state index in [1.807, 2.05) is 18.7 Å². The number of pyridine rings is 1. The lowest BCUT2D eigenvalue weighted by Gasteiger charge is -2.38. The molecule has 0 bridgehead atoms. The van der Waals surface area contributed by atoms with Gasteiger partial charge in [-0.2, -0.15) is 0 Å². The average Bonchev–Trinajstić information content (AvgIpc) is 2.82. The minimum atomic E-state index is -0.139. The Labute approximate surface area is 161 Å². The van der Waals surface area contributed by atoms with Crippen LogP contribution in [-0.2, 0) is 9.59 Å². The van der Waals surface area contributed by atoms with Gasteiger partial charge in [0.05, 0.1) is 5.92 Å². The van der Waals surface area contributed by atoms with Crippen LogP contribution in [0.5, 0.6) is 0 Å². The van der Waals surface area contributed by atoms with Crippen LogP contribution < -0.4 is 10.6 Å². The minimum Gasteiger partial charge on any atom is -0.368 e. The van der Waals surface area contributed by atoms with Gasteiger partial charge in [0, 0.05) is 69.3 Å². The molecule has 2 N–H and O–H groups in total. The lowest BCUT2D eigenvalue weighted by molar-refractivity contribution is -0.138. The predicted molar refractivity (Wildman–Crippen MR) is 105 cm³/mol. The number of aryl methyl sites for hydroxylation is 2. The molecule has 2 amide bonds. The van der Waals surface area contributed by atoms with Gasteiger partial charge in [0.15, 0.2) is 0 Å². The molecule has 2 fully saturated rings. The Balaban J connectivity index is 1.61. The molecule has 1 aromatic heterocycles. The molecule has 0 spiro atoms. The fourth-order valence-corrected chi connectivity index (χ4v) is 4.12. The van der Waals surface area contributed by atoms with Crippen molar-refractivity contribution in [1.29, 1.82) is 0 Å². The molecule has 3 heterocycles. The highest BCUT2D eigenvalue weighted by molar-refractivity contribution is 5.81. The van der Waals surface area contributed by atoms with Gasteiger partial charge in [-0.25, -0.2) is 0 Å². The van der Waals surface area contributed by atoms with Gasteiger partial charge in [0.2, 0.25) is 11.8 Å². The molecular weight excluding hydrogens is 342 g/mol. The lowest BCUT2D eigenvalue weighted by Crippen LogP contribution is -2.51. The van der Waals surface area contributed by atoms with E-state index >= 15 is 0 Å². The van der Waals surface area contributed by atoms with Crippen molar-refractivity contribution in [3.63, 3.8) is 0 Å². The van der Waals surface area contributed by atoms with Crippen LogP contribution in [0, 0.1) is 19.8 Å². The van der Waals surface area contributed by atoms with Crippen LogP contribution in [0.25, 0.3) is 0 Å². The number of amides is 2. The molecule has 2 atom stereocenters. The van der Waals surface area contributed by atoms with Gasteiger partial charge in [0.25, 0.3) is 0 Å². The summed E-state index contributed by atoms with van der Waals surface area (Å²) in [6.07, 6.45) is 1.54. The summed E-state index contributed by atoms with van der Waals surface area (Å²) >= 11 is 0. The molecule has 2 aliphatic heterocycles. The number of hydrogen-bond acceptors (Lipinski definition) is 5. The SMILES string of the molecule is CC(=O)N1C[C@@H](N)CC[C@@H](C(=O)N2CCN(c3cc(C)nc(C)c3)CC2)C1. The number of likely N-dealkylation sites (tertiary alicyclic amines) is 1. The van der Waals surface area contributed by atoms with Crippen LogP contribution in [0.2, 0.25) is 0 Å². The summed E-state index contributed by atoms with van der Waals surface area (Å²) in [5.74, 6) is 0.0231. The molecule has 1 aromatic rings. The van der Waals surface area contributed by atoms with Crippen molar-refractivity contribution in [3.05, 3.63) is 23.5 Å². The topological polar surface area (TPSA) is 82.8 Å². The molecule has 27 heavy (non-hydrogen) atoms. The summed E-state index contributed by atoms with van der Waals surface area (Å²) in [7, 11) is 0. The second-order valence-electron chi connectivity index (χ2n) is 7.88. The van der Waals surface area contributed by atoms with Gasteiger partial charge in [-0.05, 0) is 38.8 Å². The summed E-state index contributed by atoms with van der Waals surface area (Å²) in [4.78, 5) is 35.3. The van der Waals surface area contributed by atoms with E-state index in [4.69, 9.17) is 5.73 Å². The Morgan fingerprint density at radius 1 is 1.00 bits per heavy atom. The van der Waals surface area contributed by atoms with E-state index in [1.165, 1.54) is 5.69 Å². The zero-order valence-electron chi connectivity index (χ0n) is 16.6. The van der Waals surface area contributed by atoms with Crippen molar-refractivity contribution in [1.82, 2.24) is 14.8 Å². The van der Waals surface area contributed by atoms with E-state index in [9.17, 15) is 9.59 Å². The molecular formula is C20H31N5O2. The van der Waals surface area contributed by atoms with E-state index in [2.05, 4.69) is 22.0 Å². The first-order valence-electron chi connectivity index (χ1n) is 9.83. The number of piperazine rings is 1. The zero-order valence-corrected chi connectivity index (χ0v) is 16.6. The molecule has 0 aromatic carbocycles. The summed E-state index contributed by atoms with van der Waals surface area (Å²) in [5.41, 5.74) is 9.29. The molecule has 0 unspecified atom stereocenters. The highest BCUT2D eigenvalue weighted by Gasteiger charge is 2.32. The van der Waals surface area contributed by atoms with E-state index in [1.54, 1.807) is 11.8 Å². The smallest absolute Gasteiger partial charge is 0.227 e. The van der Waals surface area contributed by atoms with Gasteiger partial charge in [-0.15, -0.1) is 0 Å². The van der Waals surface area contributed by atoms with E-state index < -0.39 is 0 Å². The van der Waals surface area contributed by atoms with Crippen LogP contribution >= 0.6 is 0 Å². The molecule has 2 aliphatic rings. The average molecular weight is 374 g/mol. The van der Waals surface area contributed by atoms with Crippen LogP contribution in [0.3, 0.4) is 0 Å². The Morgan fingerprint density at radius 3 is 2.22 bits per heavy atom. The summed E-state index contributed by atoms with van der Waals surface area (Å²) in [6, 6.07) is 4.16. The van der Waals surface area contributed by atoms with Gasteiger partial charge >= 0.3 is 0 Å². The van der Waals surface area contributed by atoms with Gasteiger partial charge in [-0.3, -0.25) is 14.6 Å². The van der Waals surface area contributed by atoms with Crippen molar-refractivity contribution in [2.45, 2.75) is 39.7 Å². The van der Waals surface area contributed by atoms with Gasteiger partial charge in [0.1, 0.15) is 0 Å². The first-order chi connectivity index (χ1) is 12.8. The summed E-state index contributed by atoms with van der Waals surface area (Å²) in [6.45, 7) is 9.66. The highest BCUT2D eigenvalue weighted by atomic mass is 16.2. The molecule has 7 nitrogen and oxygen atoms in total. The third-order valence-electron chi connectivity index (χ3n) is 5.60. The van der Waals surface area contributed by atoms with Gasteiger partial charge in [-0.1, -0.05) is 0 Å². The molecule has 2 saturated heterocycles. The number of nitrogens with zero attached hydrogens (tertiary/aromatic N) is 4. The minimum absolute atomic E-state index is 0.00149. The summed E-state index contributed by atoms with van der Waals surface area (Å²) < 4.78 is 0. The third kappa shape index (κ3) is 4.77. The largest absolute Gasteiger partial charge is 0.368 e. The maximum absolute atomic E-state index is 13.1. The van der Waals surface area contributed by atoms with Crippen molar-refractivity contribution in [2.75, 3.05) is 44.2 Å². The maximum Gasteiger partial charge on any atom is 0.227 e. The molecule has 0 saturated carbocycles. The molecule has 7 heteroatoms. The van der Waals surface area contributed by atoms with Crippen molar-refractivity contribution in [2.24, 2.45) is 11.7 Å². The van der Waals surface area contributed by atoms with Crippen molar-refractivity contribution < 1.29 is 9.59 Å². The van der Waals surface area contributed by atoms with Crippen molar-refractivity contribution in [3.8, 4) is 0 Å². The molecule has 148 valence electrons. The standard InChI is InChI=1S/C20H31N5O2/c1-14-10-19(11-15(2)22-14)23-6-8-24(9-7-23)20(27)17-4-5-18(21)13-25(12-17)16(3)26/h10-11,17-18H,4-9,12-13,21H2,1-3H3/t17-,18+/m1/s1. The number of anilines is 1. The fraction of sp³-hybridized carbons (Fsp3) is 0.650. The first kappa shape index (κ1) is 19.6. The Bertz CT molecular complexity index is 679. The van der Waals surface area contributed by atoms with Crippen molar-refractivity contribution >= 4 is 17.5 Å². The monoisotopic (exact) mass is 373 g/mol. The fourth-order valence-electron chi connectivity index (χ4n) is 4.12. The Morgan fingerprint density at radius 2 is 1.63 bits per heavy atom. The number of aromatic nitrogens is 1.